The summed E-state index contributed by atoms with van der Waals surface area (Å²) in [5.41, 5.74) is 1.31. The van der Waals surface area contributed by atoms with Gasteiger partial charge < -0.3 is 10.6 Å². The first-order valence-corrected chi connectivity index (χ1v) is 6.75. The van der Waals surface area contributed by atoms with Gasteiger partial charge in [0.05, 0.1) is 5.69 Å². The maximum Gasteiger partial charge on any atom is 0.0531 e. The summed E-state index contributed by atoms with van der Waals surface area (Å²) in [5.74, 6) is 0. The van der Waals surface area contributed by atoms with Crippen LogP contribution in [0, 0.1) is 0 Å². The van der Waals surface area contributed by atoms with Crippen LogP contribution >= 0.6 is 11.3 Å². The Kier molecular flexibility index (Phi) is 2.80. The molecule has 0 radical (unpaired) electrons. The predicted octanol–water partition coefficient (Wildman–Crippen LogP) is 3.07. The lowest BCUT2D eigenvalue weighted by atomic mass is 10.1. The Morgan fingerprint density at radius 3 is 2.88 bits per heavy atom. The molecule has 2 aromatic rings. The van der Waals surface area contributed by atoms with Gasteiger partial charge in [0.25, 0.3) is 0 Å². The summed E-state index contributed by atoms with van der Waals surface area (Å²) in [6.45, 7) is 2.28. The zero-order chi connectivity index (χ0) is 10.8. The molecule has 2 heterocycles. The molecule has 0 bridgehead atoms. The molecule has 3 rings (SSSR count). The number of piperidine rings is 1. The highest BCUT2D eigenvalue weighted by molar-refractivity contribution is 7.17. The van der Waals surface area contributed by atoms with Gasteiger partial charge in [0.2, 0.25) is 0 Å². The van der Waals surface area contributed by atoms with Crippen LogP contribution in [0.5, 0.6) is 0 Å². The van der Waals surface area contributed by atoms with E-state index in [1.54, 1.807) is 0 Å². The van der Waals surface area contributed by atoms with Crippen molar-refractivity contribution < 1.29 is 0 Å². The Balaban J connectivity index is 1.83. The lowest BCUT2D eigenvalue weighted by molar-refractivity contribution is 0.479. The van der Waals surface area contributed by atoms with Crippen molar-refractivity contribution in [1.29, 1.82) is 0 Å². The molecule has 2 N–H and O–H groups in total. The molecule has 1 aliphatic heterocycles. The van der Waals surface area contributed by atoms with E-state index in [-0.39, 0.29) is 0 Å². The van der Waals surface area contributed by atoms with Crippen molar-refractivity contribution in [3.05, 3.63) is 29.6 Å². The van der Waals surface area contributed by atoms with E-state index in [0.717, 1.165) is 13.1 Å². The Morgan fingerprint density at radius 1 is 1.19 bits per heavy atom. The molecule has 16 heavy (non-hydrogen) atoms. The summed E-state index contributed by atoms with van der Waals surface area (Å²) in [5, 5.41) is 10.7. The quantitative estimate of drug-likeness (QED) is 0.831. The third-order valence-electron chi connectivity index (χ3n) is 3.18. The van der Waals surface area contributed by atoms with Crippen LogP contribution in [0.25, 0.3) is 10.1 Å². The number of hydrogen-bond acceptors (Lipinski definition) is 3. The number of benzene rings is 1. The van der Waals surface area contributed by atoms with Gasteiger partial charge in [-0.25, -0.2) is 0 Å². The molecule has 1 saturated heterocycles. The van der Waals surface area contributed by atoms with Gasteiger partial charge in [-0.2, -0.15) is 0 Å². The summed E-state index contributed by atoms with van der Waals surface area (Å²) in [6, 6.07) is 9.25. The van der Waals surface area contributed by atoms with Crippen molar-refractivity contribution >= 4 is 27.1 Å². The normalized spacial score (nSPS) is 17.8. The number of hydrogen-bond donors (Lipinski definition) is 2. The molecule has 84 valence electrons. The van der Waals surface area contributed by atoms with Gasteiger partial charge in [0, 0.05) is 21.5 Å². The minimum absolute atomic E-state index is 0.638. The zero-order valence-electron chi connectivity index (χ0n) is 9.20. The van der Waals surface area contributed by atoms with Crippen LogP contribution in [0.1, 0.15) is 12.8 Å². The number of nitrogens with one attached hydrogen (secondary N) is 2. The summed E-state index contributed by atoms with van der Waals surface area (Å²) in [6.07, 6.45) is 2.45. The fraction of sp³-hybridized carbons (Fsp3) is 0.385. The number of fused-ring (bicyclic) bond motifs is 1. The second-order valence-electron chi connectivity index (χ2n) is 4.31. The van der Waals surface area contributed by atoms with E-state index in [1.807, 2.05) is 11.3 Å². The number of thiophene rings is 1. The largest absolute Gasteiger partial charge is 0.381 e. The molecule has 3 heteroatoms. The molecule has 0 unspecified atom stereocenters. The number of rotatable bonds is 2. The van der Waals surface area contributed by atoms with Crippen LogP contribution in [0.2, 0.25) is 0 Å². The van der Waals surface area contributed by atoms with Crippen LogP contribution in [0.15, 0.2) is 29.6 Å². The van der Waals surface area contributed by atoms with Crippen molar-refractivity contribution in [3.63, 3.8) is 0 Å². The first-order chi connectivity index (χ1) is 7.93. The van der Waals surface area contributed by atoms with Crippen LogP contribution in [0.3, 0.4) is 0 Å². The highest BCUT2D eigenvalue weighted by atomic mass is 32.1. The Bertz CT molecular complexity index is 471. The monoisotopic (exact) mass is 232 g/mol. The molecule has 2 nitrogen and oxygen atoms in total. The first kappa shape index (κ1) is 10.1. The van der Waals surface area contributed by atoms with Crippen molar-refractivity contribution in [2.75, 3.05) is 18.4 Å². The molecule has 0 amide bonds. The summed E-state index contributed by atoms with van der Waals surface area (Å²) < 4.78 is 1.37. The van der Waals surface area contributed by atoms with Gasteiger partial charge >= 0.3 is 0 Å². The Morgan fingerprint density at radius 2 is 2.00 bits per heavy atom. The SMILES string of the molecule is c1ccc2c(NC3CCNCC3)csc2c1. The topological polar surface area (TPSA) is 24.1 Å². The van der Waals surface area contributed by atoms with E-state index in [1.165, 1.54) is 28.6 Å². The highest BCUT2D eigenvalue weighted by Gasteiger charge is 2.13. The van der Waals surface area contributed by atoms with Crippen LogP contribution in [0.4, 0.5) is 5.69 Å². The minimum atomic E-state index is 0.638. The highest BCUT2D eigenvalue weighted by Crippen LogP contribution is 2.30. The Labute approximate surface area is 99.7 Å². The van der Waals surface area contributed by atoms with Crippen molar-refractivity contribution in [2.24, 2.45) is 0 Å². The lowest BCUT2D eigenvalue weighted by Gasteiger charge is -2.24. The fourth-order valence-corrected chi connectivity index (χ4v) is 3.18. The fourth-order valence-electron chi connectivity index (χ4n) is 2.28. The van der Waals surface area contributed by atoms with Gasteiger partial charge in [-0.05, 0) is 32.0 Å². The van der Waals surface area contributed by atoms with E-state index in [2.05, 4.69) is 40.3 Å². The van der Waals surface area contributed by atoms with Crippen LogP contribution < -0.4 is 10.6 Å². The van der Waals surface area contributed by atoms with Crippen LogP contribution in [-0.4, -0.2) is 19.1 Å². The first-order valence-electron chi connectivity index (χ1n) is 5.87. The Hall–Kier alpha value is -1.06. The van der Waals surface area contributed by atoms with Gasteiger partial charge in [-0.1, -0.05) is 18.2 Å². The standard InChI is InChI=1S/C13H16N2S/c1-2-4-13-11(3-1)12(9-16-13)15-10-5-7-14-8-6-10/h1-4,9-10,14-15H,5-8H2. The van der Waals surface area contributed by atoms with E-state index >= 15 is 0 Å². The van der Waals surface area contributed by atoms with Gasteiger partial charge in [-0.3, -0.25) is 0 Å². The van der Waals surface area contributed by atoms with Crippen molar-refractivity contribution in [2.45, 2.75) is 18.9 Å². The lowest BCUT2D eigenvalue weighted by Crippen LogP contribution is -2.35. The third kappa shape index (κ3) is 1.93. The van der Waals surface area contributed by atoms with Gasteiger partial charge in [-0.15, -0.1) is 11.3 Å². The smallest absolute Gasteiger partial charge is 0.0531 e. The molecule has 1 aromatic carbocycles. The van der Waals surface area contributed by atoms with E-state index in [9.17, 15) is 0 Å². The van der Waals surface area contributed by atoms with Crippen molar-refractivity contribution in [1.82, 2.24) is 5.32 Å². The van der Waals surface area contributed by atoms with E-state index in [4.69, 9.17) is 0 Å². The molecule has 1 aliphatic rings. The molecule has 1 fully saturated rings. The molecule has 0 saturated carbocycles. The molecule has 0 aliphatic carbocycles. The zero-order valence-corrected chi connectivity index (χ0v) is 10.0. The molecule has 1 aromatic heterocycles. The van der Waals surface area contributed by atoms with Crippen LogP contribution in [-0.2, 0) is 0 Å². The average molecular weight is 232 g/mol. The maximum absolute atomic E-state index is 3.67. The predicted molar refractivity (Wildman–Crippen MR) is 71.3 cm³/mol. The summed E-state index contributed by atoms with van der Waals surface area (Å²) in [4.78, 5) is 0. The third-order valence-corrected chi connectivity index (χ3v) is 4.14. The molecule has 0 atom stereocenters. The maximum atomic E-state index is 3.67. The van der Waals surface area contributed by atoms with E-state index in [0.29, 0.717) is 6.04 Å². The average Bonchev–Trinajstić information content (AvgIpc) is 2.74. The second kappa shape index (κ2) is 4.44. The van der Waals surface area contributed by atoms with Gasteiger partial charge in [0.1, 0.15) is 0 Å². The number of anilines is 1. The van der Waals surface area contributed by atoms with Crippen molar-refractivity contribution in [3.8, 4) is 0 Å². The second-order valence-corrected chi connectivity index (χ2v) is 5.23. The molecule has 0 spiro atoms. The summed E-state index contributed by atoms with van der Waals surface area (Å²) in [7, 11) is 0. The van der Waals surface area contributed by atoms with Gasteiger partial charge in [0.15, 0.2) is 0 Å². The minimum Gasteiger partial charge on any atom is -0.381 e. The summed E-state index contributed by atoms with van der Waals surface area (Å²) >= 11 is 1.82. The molecular weight excluding hydrogens is 216 g/mol. The van der Waals surface area contributed by atoms with E-state index < -0.39 is 0 Å². The molecular formula is C13H16N2S.